The summed E-state index contributed by atoms with van der Waals surface area (Å²) in [7, 11) is 1.55. The summed E-state index contributed by atoms with van der Waals surface area (Å²) in [6.45, 7) is 1.39. The van der Waals surface area contributed by atoms with Gasteiger partial charge in [-0.2, -0.15) is 0 Å². The molecule has 0 saturated carbocycles. The van der Waals surface area contributed by atoms with Crippen molar-refractivity contribution >= 4 is 17.5 Å². The number of piperidine rings is 1. The molecule has 5 heteroatoms. The molecular formula is C15H21ClN2O2. The van der Waals surface area contributed by atoms with Crippen molar-refractivity contribution in [3.63, 3.8) is 0 Å². The number of halogens is 1. The molecule has 2 N–H and O–H groups in total. The van der Waals surface area contributed by atoms with E-state index in [1.165, 1.54) is 0 Å². The van der Waals surface area contributed by atoms with Crippen LogP contribution in [0.3, 0.4) is 0 Å². The fourth-order valence-electron chi connectivity index (χ4n) is 2.76. The first-order valence-corrected chi connectivity index (χ1v) is 7.39. The zero-order valence-electron chi connectivity index (χ0n) is 11.8. The summed E-state index contributed by atoms with van der Waals surface area (Å²) in [5.41, 5.74) is 6.23. The van der Waals surface area contributed by atoms with E-state index in [0.29, 0.717) is 22.9 Å². The quantitative estimate of drug-likeness (QED) is 0.929. The predicted molar refractivity (Wildman–Crippen MR) is 80.4 cm³/mol. The van der Waals surface area contributed by atoms with E-state index in [9.17, 15) is 4.79 Å². The van der Waals surface area contributed by atoms with E-state index in [4.69, 9.17) is 22.1 Å². The van der Waals surface area contributed by atoms with Crippen LogP contribution in [0.5, 0.6) is 5.75 Å². The second-order valence-corrected chi connectivity index (χ2v) is 5.51. The standard InChI is InChI=1S/C15H21ClN2O2/c1-20-14-10-11(16)5-6-13(14)15(19)18-9-3-2-4-12(18)7-8-17/h5-6,10,12H,2-4,7-9,17H2,1H3. The van der Waals surface area contributed by atoms with Gasteiger partial charge >= 0.3 is 0 Å². The topological polar surface area (TPSA) is 55.6 Å². The van der Waals surface area contributed by atoms with E-state index in [0.717, 1.165) is 32.2 Å². The number of carbonyl (C=O) groups is 1. The van der Waals surface area contributed by atoms with E-state index in [1.807, 2.05) is 4.90 Å². The molecule has 1 heterocycles. The fourth-order valence-corrected chi connectivity index (χ4v) is 2.92. The van der Waals surface area contributed by atoms with Crippen molar-refractivity contribution in [1.29, 1.82) is 0 Å². The molecular weight excluding hydrogens is 276 g/mol. The van der Waals surface area contributed by atoms with Gasteiger partial charge in [-0.3, -0.25) is 4.79 Å². The number of nitrogens with two attached hydrogens (primary N) is 1. The van der Waals surface area contributed by atoms with Crippen LogP contribution in [0, 0.1) is 0 Å². The van der Waals surface area contributed by atoms with Gasteiger partial charge in [-0.25, -0.2) is 0 Å². The van der Waals surface area contributed by atoms with Crippen LogP contribution in [-0.4, -0.2) is 37.0 Å². The smallest absolute Gasteiger partial charge is 0.257 e. The van der Waals surface area contributed by atoms with Crippen molar-refractivity contribution in [2.45, 2.75) is 31.7 Å². The highest BCUT2D eigenvalue weighted by Crippen LogP contribution is 2.28. The molecule has 0 aromatic heterocycles. The van der Waals surface area contributed by atoms with Crippen LogP contribution in [0.25, 0.3) is 0 Å². The Bertz CT molecular complexity index is 477. The number of likely N-dealkylation sites (tertiary alicyclic amines) is 1. The minimum Gasteiger partial charge on any atom is -0.496 e. The number of hydrogen-bond donors (Lipinski definition) is 1. The number of nitrogens with zero attached hydrogens (tertiary/aromatic N) is 1. The number of ether oxygens (including phenoxy) is 1. The summed E-state index contributed by atoms with van der Waals surface area (Å²) >= 11 is 5.94. The SMILES string of the molecule is COc1cc(Cl)ccc1C(=O)N1CCCCC1CCN. The molecule has 1 unspecified atom stereocenters. The van der Waals surface area contributed by atoms with Crippen molar-refractivity contribution in [1.82, 2.24) is 4.90 Å². The molecule has 0 spiro atoms. The summed E-state index contributed by atoms with van der Waals surface area (Å²) < 4.78 is 5.28. The summed E-state index contributed by atoms with van der Waals surface area (Å²) in [6.07, 6.45) is 4.08. The molecule has 1 aliphatic heterocycles. The Morgan fingerprint density at radius 1 is 1.50 bits per heavy atom. The van der Waals surface area contributed by atoms with E-state index >= 15 is 0 Å². The largest absolute Gasteiger partial charge is 0.496 e. The number of carbonyl (C=O) groups excluding carboxylic acids is 1. The average Bonchev–Trinajstić information content (AvgIpc) is 2.47. The minimum absolute atomic E-state index is 0.0108. The lowest BCUT2D eigenvalue weighted by molar-refractivity contribution is 0.0601. The third-order valence-corrected chi connectivity index (χ3v) is 4.02. The molecule has 1 aliphatic rings. The first-order valence-electron chi connectivity index (χ1n) is 7.02. The van der Waals surface area contributed by atoms with E-state index in [-0.39, 0.29) is 11.9 Å². The van der Waals surface area contributed by atoms with Crippen LogP contribution in [0.1, 0.15) is 36.0 Å². The Morgan fingerprint density at radius 2 is 2.30 bits per heavy atom. The normalized spacial score (nSPS) is 18.9. The van der Waals surface area contributed by atoms with Crippen molar-refractivity contribution < 1.29 is 9.53 Å². The number of rotatable bonds is 4. The van der Waals surface area contributed by atoms with Crippen LogP contribution in [0.4, 0.5) is 0 Å². The highest BCUT2D eigenvalue weighted by atomic mass is 35.5. The van der Waals surface area contributed by atoms with Gasteiger partial charge in [0.15, 0.2) is 0 Å². The highest BCUT2D eigenvalue weighted by molar-refractivity contribution is 6.30. The van der Waals surface area contributed by atoms with Crippen molar-refractivity contribution in [3.8, 4) is 5.75 Å². The number of benzene rings is 1. The van der Waals surface area contributed by atoms with Gasteiger partial charge in [0.25, 0.3) is 5.91 Å². The third-order valence-electron chi connectivity index (χ3n) is 3.78. The average molecular weight is 297 g/mol. The van der Waals surface area contributed by atoms with Crippen LogP contribution < -0.4 is 10.5 Å². The van der Waals surface area contributed by atoms with Crippen LogP contribution >= 0.6 is 11.6 Å². The second-order valence-electron chi connectivity index (χ2n) is 5.07. The third kappa shape index (κ3) is 3.25. The maximum atomic E-state index is 12.7. The molecule has 1 amide bonds. The van der Waals surface area contributed by atoms with Gasteiger partial charge in [-0.15, -0.1) is 0 Å². The Hall–Kier alpha value is -1.26. The monoisotopic (exact) mass is 296 g/mol. The predicted octanol–water partition coefficient (Wildman–Crippen LogP) is 2.69. The Balaban J connectivity index is 2.24. The zero-order chi connectivity index (χ0) is 14.5. The molecule has 0 radical (unpaired) electrons. The number of methoxy groups -OCH3 is 1. The van der Waals surface area contributed by atoms with E-state index in [1.54, 1.807) is 25.3 Å². The first kappa shape index (κ1) is 15.1. The van der Waals surface area contributed by atoms with Gasteiger partial charge < -0.3 is 15.4 Å². The van der Waals surface area contributed by atoms with Crippen molar-refractivity contribution in [2.24, 2.45) is 5.73 Å². The number of amides is 1. The molecule has 2 rings (SSSR count). The molecule has 4 nitrogen and oxygen atoms in total. The molecule has 0 aliphatic carbocycles. The lowest BCUT2D eigenvalue weighted by atomic mass is 9.98. The van der Waals surface area contributed by atoms with Gasteiger partial charge in [0.05, 0.1) is 12.7 Å². The van der Waals surface area contributed by atoms with Gasteiger partial charge in [0.1, 0.15) is 5.75 Å². The molecule has 1 aromatic carbocycles. The van der Waals surface area contributed by atoms with Crippen molar-refractivity contribution in [2.75, 3.05) is 20.2 Å². The first-order chi connectivity index (χ1) is 9.67. The van der Waals surface area contributed by atoms with E-state index < -0.39 is 0 Å². The van der Waals surface area contributed by atoms with E-state index in [2.05, 4.69) is 0 Å². The summed E-state index contributed by atoms with van der Waals surface area (Å²) in [5, 5.41) is 0.565. The van der Waals surface area contributed by atoms with Gasteiger partial charge in [0.2, 0.25) is 0 Å². The minimum atomic E-state index is 0.0108. The van der Waals surface area contributed by atoms with Gasteiger partial charge in [0, 0.05) is 17.6 Å². The summed E-state index contributed by atoms with van der Waals surface area (Å²) in [6, 6.07) is 5.37. The molecule has 110 valence electrons. The lowest BCUT2D eigenvalue weighted by Crippen LogP contribution is -2.44. The van der Waals surface area contributed by atoms with Crippen LogP contribution in [-0.2, 0) is 0 Å². The van der Waals surface area contributed by atoms with Crippen molar-refractivity contribution in [3.05, 3.63) is 28.8 Å². The Morgan fingerprint density at radius 3 is 3.00 bits per heavy atom. The molecule has 1 fully saturated rings. The lowest BCUT2D eigenvalue weighted by Gasteiger charge is -2.36. The maximum absolute atomic E-state index is 12.7. The molecule has 0 bridgehead atoms. The zero-order valence-corrected chi connectivity index (χ0v) is 12.5. The Kier molecular flexibility index (Phi) is 5.26. The summed E-state index contributed by atoms with van der Waals surface area (Å²) in [5.74, 6) is 0.538. The van der Waals surface area contributed by atoms with Crippen LogP contribution in [0.2, 0.25) is 5.02 Å². The molecule has 1 saturated heterocycles. The van der Waals surface area contributed by atoms with Gasteiger partial charge in [-0.1, -0.05) is 11.6 Å². The number of hydrogen-bond acceptors (Lipinski definition) is 3. The van der Waals surface area contributed by atoms with Crippen LogP contribution in [0.15, 0.2) is 18.2 Å². The maximum Gasteiger partial charge on any atom is 0.257 e. The molecule has 1 aromatic rings. The summed E-state index contributed by atoms with van der Waals surface area (Å²) in [4.78, 5) is 14.7. The van der Waals surface area contributed by atoms with Gasteiger partial charge in [-0.05, 0) is 50.4 Å². The highest BCUT2D eigenvalue weighted by Gasteiger charge is 2.28. The molecule has 20 heavy (non-hydrogen) atoms. The Labute approximate surface area is 124 Å². The second kappa shape index (κ2) is 6.95. The fraction of sp³-hybridized carbons (Fsp3) is 0.533. The molecule has 1 atom stereocenters.